The lowest BCUT2D eigenvalue weighted by atomic mass is 9.87. The standard InChI is InChI=1S/C20H36N4O2/c1-2-21-19(24-12-8-20(15-24)9-13-26-16-20)23-11-10-22-18(25)14-17-6-4-3-5-7-17/h17H,2-16H2,1H3,(H,21,23)(H,22,25). The van der Waals surface area contributed by atoms with Crippen LogP contribution in [0.15, 0.2) is 4.99 Å². The molecule has 2 aliphatic heterocycles. The van der Waals surface area contributed by atoms with Crippen molar-refractivity contribution < 1.29 is 9.53 Å². The van der Waals surface area contributed by atoms with Gasteiger partial charge in [0.2, 0.25) is 5.91 Å². The minimum absolute atomic E-state index is 0.195. The number of aliphatic imine (C=N–C) groups is 1. The molecule has 6 nitrogen and oxygen atoms in total. The van der Waals surface area contributed by atoms with Crippen molar-refractivity contribution in [1.82, 2.24) is 15.5 Å². The summed E-state index contributed by atoms with van der Waals surface area (Å²) in [5.74, 6) is 1.78. The Morgan fingerprint density at radius 1 is 1.23 bits per heavy atom. The first kappa shape index (κ1) is 19.5. The van der Waals surface area contributed by atoms with Gasteiger partial charge in [0.25, 0.3) is 0 Å². The number of ether oxygens (including phenoxy) is 1. The number of nitrogens with zero attached hydrogens (tertiary/aromatic N) is 2. The van der Waals surface area contributed by atoms with Crippen molar-refractivity contribution >= 4 is 11.9 Å². The van der Waals surface area contributed by atoms with E-state index in [4.69, 9.17) is 9.73 Å². The summed E-state index contributed by atoms with van der Waals surface area (Å²) in [6, 6.07) is 0. The molecule has 26 heavy (non-hydrogen) atoms. The zero-order chi connectivity index (χ0) is 18.2. The van der Waals surface area contributed by atoms with Crippen LogP contribution in [0.1, 0.15) is 58.3 Å². The molecule has 0 radical (unpaired) electrons. The quantitative estimate of drug-likeness (QED) is 0.431. The van der Waals surface area contributed by atoms with E-state index in [1.165, 1.54) is 44.9 Å². The maximum absolute atomic E-state index is 12.1. The van der Waals surface area contributed by atoms with Gasteiger partial charge in [0, 0.05) is 44.6 Å². The Labute approximate surface area is 158 Å². The minimum atomic E-state index is 0.195. The summed E-state index contributed by atoms with van der Waals surface area (Å²) in [4.78, 5) is 19.2. The van der Waals surface area contributed by atoms with Gasteiger partial charge in [-0.15, -0.1) is 0 Å². The fourth-order valence-electron chi connectivity index (χ4n) is 4.60. The molecule has 1 saturated carbocycles. The normalized spacial score (nSPS) is 27.3. The Hall–Kier alpha value is -1.30. The third-order valence-electron chi connectivity index (χ3n) is 6.15. The van der Waals surface area contributed by atoms with Gasteiger partial charge in [0.1, 0.15) is 0 Å². The fraction of sp³-hybridized carbons (Fsp3) is 0.900. The summed E-state index contributed by atoms with van der Waals surface area (Å²) in [6.07, 6.45) is 9.40. The van der Waals surface area contributed by atoms with E-state index in [9.17, 15) is 4.79 Å². The second kappa shape index (κ2) is 9.58. The first-order valence-corrected chi connectivity index (χ1v) is 10.6. The molecule has 3 rings (SSSR count). The number of carbonyl (C=O) groups is 1. The number of rotatable bonds is 6. The molecule has 0 aromatic rings. The lowest BCUT2D eigenvalue weighted by Gasteiger charge is -2.25. The van der Waals surface area contributed by atoms with Crippen LogP contribution in [-0.4, -0.2) is 62.7 Å². The number of hydrogen-bond donors (Lipinski definition) is 2. The highest BCUT2D eigenvalue weighted by Gasteiger charge is 2.42. The molecule has 6 heteroatoms. The van der Waals surface area contributed by atoms with Gasteiger partial charge < -0.3 is 20.3 Å². The molecule has 2 heterocycles. The molecule has 3 fully saturated rings. The van der Waals surface area contributed by atoms with E-state index >= 15 is 0 Å². The first-order chi connectivity index (χ1) is 12.7. The number of likely N-dealkylation sites (tertiary alicyclic amines) is 1. The van der Waals surface area contributed by atoms with E-state index in [0.717, 1.165) is 38.8 Å². The monoisotopic (exact) mass is 364 g/mol. The first-order valence-electron chi connectivity index (χ1n) is 10.6. The lowest BCUT2D eigenvalue weighted by molar-refractivity contribution is -0.122. The van der Waals surface area contributed by atoms with E-state index in [-0.39, 0.29) is 5.91 Å². The van der Waals surface area contributed by atoms with Crippen LogP contribution >= 0.6 is 0 Å². The largest absolute Gasteiger partial charge is 0.381 e. The number of amides is 1. The van der Waals surface area contributed by atoms with Gasteiger partial charge >= 0.3 is 0 Å². The van der Waals surface area contributed by atoms with Crippen LogP contribution in [-0.2, 0) is 9.53 Å². The van der Waals surface area contributed by atoms with E-state index < -0.39 is 0 Å². The molecule has 1 aliphatic carbocycles. The maximum atomic E-state index is 12.1. The van der Waals surface area contributed by atoms with Gasteiger partial charge in [-0.25, -0.2) is 0 Å². The van der Waals surface area contributed by atoms with Gasteiger partial charge in [-0.2, -0.15) is 0 Å². The Morgan fingerprint density at radius 2 is 2.08 bits per heavy atom. The van der Waals surface area contributed by atoms with Crippen molar-refractivity contribution in [3.05, 3.63) is 0 Å². The summed E-state index contributed by atoms with van der Waals surface area (Å²) in [7, 11) is 0. The average molecular weight is 365 g/mol. The van der Waals surface area contributed by atoms with Crippen LogP contribution in [0.5, 0.6) is 0 Å². The van der Waals surface area contributed by atoms with Crippen LogP contribution in [0.3, 0.4) is 0 Å². The predicted molar refractivity (Wildman–Crippen MR) is 104 cm³/mol. The summed E-state index contributed by atoms with van der Waals surface area (Å²) in [6.45, 7) is 8.10. The Kier molecular flexibility index (Phi) is 7.17. The minimum Gasteiger partial charge on any atom is -0.381 e. The van der Waals surface area contributed by atoms with Gasteiger partial charge in [-0.3, -0.25) is 9.79 Å². The van der Waals surface area contributed by atoms with Crippen LogP contribution in [0.4, 0.5) is 0 Å². The Morgan fingerprint density at radius 3 is 2.81 bits per heavy atom. The molecule has 2 N–H and O–H groups in total. The summed E-state index contributed by atoms with van der Waals surface area (Å²) in [5.41, 5.74) is 0.338. The van der Waals surface area contributed by atoms with E-state index in [2.05, 4.69) is 22.5 Å². The SMILES string of the molecule is CCNC(=NCCNC(=O)CC1CCCCC1)N1CCC2(CCOC2)C1. The molecule has 1 amide bonds. The van der Waals surface area contributed by atoms with Crippen LogP contribution in [0.25, 0.3) is 0 Å². The van der Waals surface area contributed by atoms with Crippen molar-refractivity contribution in [3.8, 4) is 0 Å². The van der Waals surface area contributed by atoms with E-state index in [0.29, 0.717) is 30.8 Å². The summed E-state index contributed by atoms with van der Waals surface area (Å²) < 4.78 is 5.62. The molecule has 0 aromatic carbocycles. The average Bonchev–Trinajstić information content (AvgIpc) is 3.29. The highest BCUT2D eigenvalue weighted by molar-refractivity contribution is 5.80. The van der Waals surface area contributed by atoms with Crippen molar-refractivity contribution in [1.29, 1.82) is 0 Å². The number of hydrogen-bond acceptors (Lipinski definition) is 3. The molecule has 148 valence electrons. The fourth-order valence-corrected chi connectivity index (χ4v) is 4.60. The smallest absolute Gasteiger partial charge is 0.220 e. The number of nitrogens with one attached hydrogen (secondary N) is 2. The summed E-state index contributed by atoms with van der Waals surface area (Å²) >= 11 is 0. The van der Waals surface area contributed by atoms with Crippen LogP contribution in [0, 0.1) is 11.3 Å². The molecule has 1 unspecified atom stereocenters. The Bertz CT molecular complexity index is 482. The molecule has 3 aliphatic rings. The molecule has 2 saturated heterocycles. The molecule has 0 aromatic heterocycles. The van der Waals surface area contributed by atoms with Crippen molar-refractivity contribution in [2.45, 2.75) is 58.3 Å². The van der Waals surface area contributed by atoms with E-state index in [1.807, 2.05) is 0 Å². The molecular formula is C20H36N4O2. The second-order valence-corrected chi connectivity index (χ2v) is 8.27. The molecule has 0 bridgehead atoms. The zero-order valence-electron chi connectivity index (χ0n) is 16.4. The molecule has 1 atom stereocenters. The zero-order valence-corrected chi connectivity index (χ0v) is 16.4. The Balaban J connectivity index is 1.40. The van der Waals surface area contributed by atoms with Gasteiger partial charge in [0.15, 0.2) is 5.96 Å². The highest BCUT2D eigenvalue weighted by Crippen LogP contribution is 2.38. The van der Waals surface area contributed by atoms with Crippen molar-refractivity contribution in [2.24, 2.45) is 16.3 Å². The van der Waals surface area contributed by atoms with Gasteiger partial charge in [-0.05, 0) is 38.5 Å². The topological polar surface area (TPSA) is 66.0 Å². The van der Waals surface area contributed by atoms with Crippen molar-refractivity contribution in [3.63, 3.8) is 0 Å². The summed E-state index contributed by atoms with van der Waals surface area (Å²) in [5, 5.41) is 6.46. The lowest BCUT2D eigenvalue weighted by Crippen LogP contribution is -2.42. The maximum Gasteiger partial charge on any atom is 0.220 e. The molecule has 1 spiro atoms. The number of carbonyl (C=O) groups excluding carboxylic acids is 1. The highest BCUT2D eigenvalue weighted by atomic mass is 16.5. The van der Waals surface area contributed by atoms with Crippen LogP contribution < -0.4 is 10.6 Å². The van der Waals surface area contributed by atoms with Crippen LogP contribution in [0.2, 0.25) is 0 Å². The van der Waals surface area contributed by atoms with Crippen molar-refractivity contribution in [2.75, 3.05) is 45.9 Å². The van der Waals surface area contributed by atoms with Gasteiger partial charge in [-0.1, -0.05) is 19.3 Å². The van der Waals surface area contributed by atoms with Gasteiger partial charge in [0.05, 0.1) is 13.2 Å². The third kappa shape index (κ3) is 5.35. The number of guanidine groups is 1. The molecular weight excluding hydrogens is 328 g/mol. The predicted octanol–water partition coefficient (Wildman–Crippen LogP) is 2.15. The second-order valence-electron chi connectivity index (χ2n) is 8.27. The third-order valence-corrected chi connectivity index (χ3v) is 6.15. The van der Waals surface area contributed by atoms with E-state index in [1.54, 1.807) is 0 Å².